The van der Waals surface area contributed by atoms with E-state index in [2.05, 4.69) is 23.7 Å². The number of ether oxygens (including phenoxy) is 2. The fourth-order valence-corrected chi connectivity index (χ4v) is 4.74. The summed E-state index contributed by atoms with van der Waals surface area (Å²) in [4.78, 5) is 11.6. The Balaban J connectivity index is 1.58. The molecule has 6 nitrogen and oxygen atoms in total. The van der Waals surface area contributed by atoms with Gasteiger partial charge >= 0.3 is 0 Å². The van der Waals surface area contributed by atoms with Gasteiger partial charge in [0.2, 0.25) is 0 Å². The quantitative estimate of drug-likeness (QED) is 0.896. The Morgan fingerprint density at radius 3 is 3.00 bits per heavy atom. The molecule has 0 amide bonds. The minimum atomic E-state index is -0.644. The molecule has 1 aromatic heterocycles. The SMILES string of the molecule is CC(C)c1nccc(CN2C[C@@H]3COCC[C@]3(O)[C@H]3COCC[C@H]32)n1. The molecular weight excluding hydrogens is 318 g/mol. The zero-order valence-corrected chi connectivity index (χ0v) is 15.2. The molecule has 4 atom stereocenters. The monoisotopic (exact) mass is 347 g/mol. The average Bonchev–Trinajstić information content (AvgIpc) is 2.63. The molecule has 0 aromatic carbocycles. The van der Waals surface area contributed by atoms with Crippen molar-refractivity contribution >= 4 is 0 Å². The van der Waals surface area contributed by atoms with Crippen molar-refractivity contribution in [1.29, 1.82) is 0 Å². The van der Waals surface area contributed by atoms with Gasteiger partial charge in [-0.2, -0.15) is 0 Å². The van der Waals surface area contributed by atoms with Crippen LogP contribution in [0.5, 0.6) is 0 Å². The van der Waals surface area contributed by atoms with E-state index in [9.17, 15) is 5.11 Å². The summed E-state index contributed by atoms with van der Waals surface area (Å²) in [6, 6.07) is 2.36. The lowest BCUT2D eigenvalue weighted by Crippen LogP contribution is -2.67. The second-order valence-corrected chi connectivity index (χ2v) is 8.04. The van der Waals surface area contributed by atoms with E-state index in [1.165, 1.54) is 0 Å². The average molecular weight is 347 g/mol. The van der Waals surface area contributed by atoms with Crippen LogP contribution in [-0.4, -0.2) is 64.6 Å². The maximum atomic E-state index is 11.4. The zero-order chi connectivity index (χ0) is 17.4. The highest BCUT2D eigenvalue weighted by molar-refractivity contribution is 5.09. The molecule has 1 aromatic rings. The van der Waals surface area contributed by atoms with Crippen molar-refractivity contribution in [3.63, 3.8) is 0 Å². The Kier molecular flexibility index (Phi) is 4.79. The van der Waals surface area contributed by atoms with Crippen molar-refractivity contribution in [3.8, 4) is 0 Å². The third-order valence-electron chi connectivity index (χ3n) is 6.17. The van der Waals surface area contributed by atoms with E-state index in [1.54, 1.807) is 0 Å². The molecule has 4 heterocycles. The summed E-state index contributed by atoms with van der Waals surface area (Å²) in [6.45, 7) is 8.61. The van der Waals surface area contributed by atoms with Crippen LogP contribution in [0.1, 0.15) is 44.1 Å². The van der Waals surface area contributed by atoms with Gasteiger partial charge in [-0.1, -0.05) is 13.8 Å². The topological polar surface area (TPSA) is 67.7 Å². The van der Waals surface area contributed by atoms with Crippen molar-refractivity contribution in [2.45, 2.75) is 50.8 Å². The van der Waals surface area contributed by atoms with E-state index >= 15 is 0 Å². The summed E-state index contributed by atoms with van der Waals surface area (Å²) in [5.41, 5.74) is 0.417. The smallest absolute Gasteiger partial charge is 0.131 e. The van der Waals surface area contributed by atoms with Gasteiger partial charge in [-0.05, 0) is 12.5 Å². The first-order chi connectivity index (χ1) is 12.1. The van der Waals surface area contributed by atoms with Gasteiger partial charge in [0, 0.05) is 62.7 Å². The Hall–Kier alpha value is -1.08. The molecule has 0 aliphatic carbocycles. The predicted octanol–water partition coefficient (Wildman–Crippen LogP) is 1.59. The Morgan fingerprint density at radius 1 is 1.32 bits per heavy atom. The number of aliphatic hydroxyl groups is 1. The number of hydrogen-bond donors (Lipinski definition) is 1. The van der Waals surface area contributed by atoms with Crippen molar-refractivity contribution in [2.75, 3.05) is 33.0 Å². The number of hydrogen-bond acceptors (Lipinski definition) is 6. The van der Waals surface area contributed by atoms with Crippen LogP contribution < -0.4 is 0 Å². The lowest BCUT2D eigenvalue weighted by atomic mass is 9.66. The summed E-state index contributed by atoms with van der Waals surface area (Å²) in [5, 5.41) is 11.4. The molecule has 25 heavy (non-hydrogen) atoms. The van der Waals surface area contributed by atoms with E-state index in [0.29, 0.717) is 31.8 Å². The largest absolute Gasteiger partial charge is 0.389 e. The highest BCUT2D eigenvalue weighted by atomic mass is 16.5. The number of rotatable bonds is 3. The molecule has 0 unspecified atom stereocenters. The molecule has 0 radical (unpaired) electrons. The molecule has 3 fully saturated rings. The third kappa shape index (κ3) is 3.21. The summed E-state index contributed by atoms with van der Waals surface area (Å²) in [5.74, 6) is 1.54. The van der Waals surface area contributed by atoms with Gasteiger partial charge in [-0.25, -0.2) is 9.97 Å². The van der Waals surface area contributed by atoms with E-state index in [1.807, 2.05) is 12.3 Å². The Morgan fingerprint density at radius 2 is 2.16 bits per heavy atom. The first-order valence-corrected chi connectivity index (χ1v) is 9.51. The second kappa shape index (κ2) is 6.91. The van der Waals surface area contributed by atoms with Crippen LogP contribution >= 0.6 is 0 Å². The molecule has 0 saturated carbocycles. The molecular formula is C19H29N3O3. The van der Waals surface area contributed by atoms with Gasteiger partial charge in [0.05, 0.1) is 24.5 Å². The minimum absolute atomic E-state index is 0.149. The molecule has 3 aliphatic rings. The van der Waals surface area contributed by atoms with Gasteiger partial charge in [0.15, 0.2) is 0 Å². The van der Waals surface area contributed by atoms with Crippen LogP contribution in [0.4, 0.5) is 0 Å². The third-order valence-corrected chi connectivity index (χ3v) is 6.17. The summed E-state index contributed by atoms with van der Waals surface area (Å²) < 4.78 is 11.4. The normalized spacial score (nSPS) is 36.1. The van der Waals surface area contributed by atoms with Crippen molar-refractivity contribution in [3.05, 3.63) is 23.8 Å². The predicted molar refractivity (Wildman–Crippen MR) is 93.1 cm³/mol. The van der Waals surface area contributed by atoms with Crippen LogP contribution in [0.3, 0.4) is 0 Å². The van der Waals surface area contributed by atoms with E-state index in [-0.39, 0.29) is 11.8 Å². The molecule has 0 spiro atoms. The van der Waals surface area contributed by atoms with Crippen LogP contribution in [0.25, 0.3) is 0 Å². The standard InChI is InChI=1S/C19H29N3O3/c1-13(2)18-20-6-3-15(21-18)10-22-9-14-11-25-8-5-19(14,23)16-12-24-7-4-17(16)22/h3,6,13-14,16-17,23H,4-5,7-12H2,1-2H3/t14-,16+,17-,19-/m1/s1. The van der Waals surface area contributed by atoms with Crippen LogP contribution in [0.2, 0.25) is 0 Å². The lowest BCUT2D eigenvalue weighted by molar-refractivity contribution is -0.221. The summed E-state index contributed by atoms with van der Waals surface area (Å²) in [7, 11) is 0. The van der Waals surface area contributed by atoms with Crippen LogP contribution in [0, 0.1) is 11.8 Å². The van der Waals surface area contributed by atoms with E-state index in [4.69, 9.17) is 14.5 Å². The van der Waals surface area contributed by atoms with Gasteiger partial charge in [0.1, 0.15) is 5.82 Å². The minimum Gasteiger partial charge on any atom is -0.389 e. The van der Waals surface area contributed by atoms with Crippen molar-refractivity contribution in [1.82, 2.24) is 14.9 Å². The fraction of sp³-hybridized carbons (Fsp3) is 0.789. The molecule has 1 N–H and O–H groups in total. The number of likely N-dealkylation sites (tertiary alicyclic amines) is 1. The molecule has 138 valence electrons. The van der Waals surface area contributed by atoms with Gasteiger partial charge in [-0.3, -0.25) is 4.90 Å². The Bertz CT molecular complexity index is 611. The zero-order valence-electron chi connectivity index (χ0n) is 15.2. The number of piperidine rings is 1. The van der Waals surface area contributed by atoms with Crippen molar-refractivity contribution < 1.29 is 14.6 Å². The number of nitrogens with zero attached hydrogens (tertiary/aromatic N) is 3. The van der Waals surface area contributed by atoms with E-state index < -0.39 is 5.60 Å². The van der Waals surface area contributed by atoms with Crippen LogP contribution in [0.15, 0.2) is 12.3 Å². The highest BCUT2D eigenvalue weighted by Gasteiger charge is 2.55. The fourth-order valence-electron chi connectivity index (χ4n) is 4.74. The van der Waals surface area contributed by atoms with Gasteiger partial charge in [0.25, 0.3) is 0 Å². The lowest BCUT2D eigenvalue weighted by Gasteiger charge is -2.57. The maximum absolute atomic E-state index is 11.4. The molecule has 3 saturated heterocycles. The van der Waals surface area contributed by atoms with E-state index in [0.717, 1.165) is 44.1 Å². The molecule has 3 aliphatic heterocycles. The Labute approximate surface area is 149 Å². The first-order valence-electron chi connectivity index (χ1n) is 9.51. The second-order valence-electron chi connectivity index (χ2n) is 8.04. The molecule has 0 bridgehead atoms. The van der Waals surface area contributed by atoms with Gasteiger partial charge < -0.3 is 14.6 Å². The summed E-state index contributed by atoms with van der Waals surface area (Å²) >= 11 is 0. The molecule has 4 rings (SSSR count). The van der Waals surface area contributed by atoms with Gasteiger partial charge in [-0.15, -0.1) is 0 Å². The maximum Gasteiger partial charge on any atom is 0.131 e. The highest BCUT2D eigenvalue weighted by Crippen LogP contribution is 2.44. The first kappa shape index (κ1) is 17.3. The molecule has 6 heteroatoms. The van der Waals surface area contributed by atoms with Crippen LogP contribution in [-0.2, 0) is 16.0 Å². The number of aromatic nitrogens is 2. The van der Waals surface area contributed by atoms with Crippen molar-refractivity contribution in [2.24, 2.45) is 11.8 Å². The number of fused-ring (bicyclic) bond motifs is 3. The summed E-state index contributed by atoms with van der Waals surface area (Å²) in [6.07, 6.45) is 3.56.